The van der Waals surface area contributed by atoms with Crippen molar-refractivity contribution in [2.24, 2.45) is 0 Å². The Morgan fingerprint density at radius 1 is 1.21 bits per heavy atom. The molecule has 3 rings (SSSR count). The second-order valence-electron chi connectivity index (χ2n) is 6.21. The smallest absolute Gasteiger partial charge is 0.350 e. The van der Waals surface area contributed by atoms with Crippen LogP contribution in [-0.4, -0.2) is 28.5 Å². The zero-order chi connectivity index (χ0) is 20.3. The first kappa shape index (κ1) is 20.0. The fraction of sp³-hybridized carbons (Fsp3) is 0.200. The second-order valence-corrected chi connectivity index (χ2v) is 7.62. The molecule has 2 aromatic heterocycles. The number of anilines is 1. The topological polar surface area (TPSA) is 81.2 Å². The summed E-state index contributed by atoms with van der Waals surface area (Å²) < 4.78 is 5.15. The maximum Gasteiger partial charge on any atom is 0.350 e. The monoisotopic (exact) mass is 415 g/mol. The van der Waals surface area contributed by atoms with E-state index in [1.165, 1.54) is 11.3 Å². The lowest BCUT2D eigenvalue weighted by atomic mass is 10.1. The summed E-state index contributed by atoms with van der Waals surface area (Å²) in [5.74, 6) is -1.06. The molecule has 0 spiro atoms. The quantitative estimate of drug-likeness (QED) is 0.617. The van der Waals surface area contributed by atoms with Gasteiger partial charge in [-0.25, -0.2) is 9.78 Å². The summed E-state index contributed by atoms with van der Waals surface area (Å²) in [6.45, 7) is 5.07. The normalized spacial score (nSPS) is 10.6. The molecule has 1 amide bonds. The SMILES string of the molecule is Cc1cc(C)c(NC(=O)COC(=O)c2sc(-c3ccccn3)nc2C)c(Cl)c1. The van der Waals surface area contributed by atoms with Crippen LogP contribution in [0, 0.1) is 20.8 Å². The van der Waals surface area contributed by atoms with Crippen LogP contribution in [0.4, 0.5) is 5.69 Å². The molecule has 2 heterocycles. The zero-order valence-electron chi connectivity index (χ0n) is 15.6. The van der Waals surface area contributed by atoms with E-state index in [2.05, 4.69) is 15.3 Å². The van der Waals surface area contributed by atoms with E-state index in [0.29, 0.717) is 32.0 Å². The van der Waals surface area contributed by atoms with Crippen LogP contribution in [0.15, 0.2) is 36.5 Å². The Labute approximate surface area is 171 Å². The highest BCUT2D eigenvalue weighted by Gasteiger charge is 2.19. The molecule has 144 valence electrons. The van der Waals surface area contributed by atoms with E-state index in [1.54, 1.807) is 25.3 Å². The van der Waals surface area contributed by atoms with Crippen molar-refractivity contribution in [3.8, 4) is 10.7 Å². The van der Waals surface area contributed by atoms with E-state index in [4.69, 9.17) is 16.3 Å². The summed E-state index contributed by atoms with van der Waals surface area (Å²) in [7, 11) is 0. The van der Waals surface area contributed by atoms with E-state index in [0.717, 1.165) is 11.1 Å². The van der Waals surface area contributed by atoms with Gasteiger partial charge in [0.15, 0.2) is 6.61 Å². The minimum Gasteiger partial charge on any atom is -0.451 e. The van der Waals surface area contributed by atoms with Gasteiger partial charge in [0.25, 0.3) is 5.91 Å². The summed E-state index contributed by atoms with van der Waals surface area (Å²) in [5.41, 5.74) is 3.56. The van der Waals surface area contributed by atoms with Crippen molar-refractivity contribution in [3.05, 3.63) is 63.2 Å². The van der Waals surface area contributed by atoms with Crippen molar-refractivity contribution in [1.29, 1.82) is 0 Å². The molecule has 0 aliphatic rings. The van der Waals surface area contributed by atoms with Crippen LogP contribution >= 0.6 is 22.9 Å². The number of amides is 1. The molecule has 0 saturated carbocycles. The van der Waals surface area contributed by atoms with Crippen molar-refractivity contribution in [2.45, 2.75) is 20.8 Å². The Bertz CT molecular complexity index is 1010. The molecule has 0 unspecified atom stereocenters. The fourth-order valence-electron chi connectivity index (χ4n) is 2.63. The lowest BCUT2D eigenvalue weighted by Crippen LogP contribution is -2.21. The van der Waals surface area contributed by atoms with E-state index in [-0.39, 0.29) is 0 Å². The predicted molar refractivity (Wildman–Crippen MR) is 110 cm³/mol. The number of hydrogen-bond donors (Lipinski definition) is 1. The third-order valence-corrected chi connectivity index (χ3v) is 5.35. The Morgan fingerprint density at radius 3 is 2.68 bits per heavy atom. The first-order valence-electron chi connectivity index (χ1n) is 8.47. The number of hydrogen-bond acceptors (Lipinski definition) is 6. The molecule has 8 heteroatoms. The van der Waals surface area contributed by atoms with Gasteiger partial charge in [0.1, 0.15) is 9.88 Å². The molecule has 0 fully saturated rings. The van der Waals surface area contributed by atoms with Gasteiger partial charge in [-0.1, -0.05) is 23.7 Å². The van der Waals surface area contributed by atoms with Crippen molar-refractivity contribution < 1.29 is 14.3 Å². The number of carbonyl (C=O) groups is 2. The lowest BCUT2D eigenvalue weighted by Gasteiger charge is -2.11. The van der Waals surface area contributed by atoms with Crippen molar-refractivity contribution in [2.75, 3.05) is 11.9 Å². The minimum absolute atomic E-state index is 0.345. The number of rotatable bonds is 5. The van der Waals surface area contributed by atoms with Crippen LogP contribution in [0.25, 0.3) is 10.7 Å². The van der Waals surface area contributed by atoms with Crippen LogP contribution in [0.5, 0.6) is 0 Å². The lowest BCUT2D eigenvalue weighted by molar-refractivity contribution is -0.119. The van der Waals surface area contributed by atoms with Crippen LogP contribution in [0.1, 0.15) is 26.5 Å². The summed E-state index contributed by atoms with van der Waals surface area (Å²) in [4.78, 5) is 33.5. The van der Waals surface area contributed by atoms with E-state index in [9.17, 15) is 9.59 Å². The average molecular weight is 416 g/mol. The van der Waals surface area contributed by atoms with Gasteiger partial charge in [-0.05, 0) is 50.1 Å². The third kappa shape index (κ3) is 4.55. The van der Waals surface area contributed by atoms with Crippen molar-refractivity contribution in [3.63, 3.8) is 0 Å². The second kappa shape index (κ2) is 8.50. The predicted octanol–water partition coefficient (Wildman–Crippen LogP) is 4.58. The number of pyridine rings is 1. The highest BCUT2D eigenvalue weighted by molar-refractivity contribution is 7.17. The summed E-state index contributed by atoms with van der Waals surface area (Å²) >= 11 is 7.37. The number of esters is 1. The van der Waals surface area contributed by atoms with Crippen LogP contribution in [0.2, 0.25) is 5.02 Å². The maximum atomic E-state index is 12.4. The number of thiazole rings is 1. The van der Waals surface area contributed by atoms with Gasteiger partial charge >= 0.3 is 5.97 Å². The number of aromatic nitrogens is 2. The maximum absolute atomic E-state index is 12.4. The molecule has 0 aliphatic heterocycles. The summed E-state index contributed by atoms with van der Waals surface area (Å²) in [6.07, 6.45) is 1.66. The first-order chi connectivity index (χ1) is 13.3. The molecule has 6 nitrogen and oxygen atoms in total. The van der Waals surface area contributed by atoms with E-state index < -0.39 is 18.5 Å². The Balaban J connectivity index is 1.65. The Hall–Kier alpha value is -2.77. The van der Waals surface area contributed by atoms with Crippen LogP contribution < -0.4 is 5.32 Å². The third-order valence-electron chi connectivity index (χ3n) is 3.90. The molecular formula is C20H18ClN3O3S. The number of nitrogens with one attached hydrogen (secondary N) is 1. The van der Waals surface area contributed by atoms with Crippen LogP contribution in [0.3, 0.4) is 0 Å². The number of carbonyl (C=O) groups excluding carboxylic acids is 2. The van der Waals surface area contributed by atoms with Crippen LogP contribution in [-0.2, 0) is 9.53 Å². The number of aryl methyl sites for hydroxylation is 3. The van der Waals surface area contributed by atoms with Gasteiger partial charge in [-0.2, -0.15) is 0 Å². The van der Waals surface area contributed by atoms with Gasteiger partial charge in [-0.15, -0.1) is 11.3 Å². The standard InChI is InChI=1S/C20H18ClN3O3S/c1-11-8-12(2)17(14(21)9-11)24-16(25)10-27-20(26)18-13(3)23-19(28-18)15-6-4-5-7-22-15/h4-9H,10H2,1-3H3,(H,24,25). The molecule has 0 aliphatic carbocycles. The summed E-state index contributed by atoms with van der Waals surface area (Å²) in [5, 5.41) is 3.75. The highest BCUT2D eigenvalue weighted by Crippen LogP contribution is 2.28. The number of benzene rings is 1. The minimum atomic E-state index is -0.598. The molecule has 1 N–H and O–H groups in total. The molecule has 3 aromatic rings. The Morgan fingerprint density at radius 2 is 2.00 bits per heavy atom. The molecule has 0 radical (unpaired) electrons. The summed E-state index contributed by atoms with van der Waals surface area (Å²) in [6, 6.07) is 9.14. The van der Waals surface area contributed by atoms with Crippen molar-refractivity contribution in [1.82, 2.24) is 9.97 Å². The molecular weight excluding hydrogens is 398 g/mol. The largest absolute Gasteiger partial charge is 0.451 e. The van der Waals surface area contributed by atoms with Crippen molar-refractivity contribution >= 4 is 40.5 Å². The molecule has 0 bridgehead atoms. The number of nitrogens with zero attached hydrogens (tertiary/aromatic N) is 2. The fourth-order valence-corrected chi connectivity index (χ4v) is 3.94. The zero-order valence-corrected chi connectivity index (χ0v) is 17.1. The van der Waals surface area contributed by atoms with Gasteiger partial charge in [-0.3, -0.25) is 9.78 Å². The van der Waals surface area contributed by atoms with Gasteiger partial charge in [0.2, 0.25) is 0 Å². The number of halogens is 1. The van der Waals surface area contributed by atoms with E-state index >= 15 is 0 Å². The average Bonchev–Trinajstić information content (AvgIpc) is 3.05. The first-order valence-corrected chi connectivity index (χ1v) is 9.67. The van der Waals surface area contributed by atoms with Gasteiger partial charge in [0.05, 0.1) is 22.1 Å². The van der Waals surface area contributed by atoms with Gasteiger partial charge in [0, 0.05) is 6.20 Å². The highest BCUT2D eigenvalue weighted by atomic mass is 35.5. The van der Waals surface area contributed by atoms with Gasteiger partial charge < -0.3 is 10.1 Å². The molecule has 0 atom stereocenters. The molecule has 1 aromatic carbocycles. The number of ether oxygens (including phenoxy) is 1. The van der Waals surface area contributed by atoms with E-state index in [1.807, 2.05) is 32.0 Å². The Kier molecular flexibility index (Phi) is 6.06. The molecule has 0 saturated heterocycles. The molecule has 28 heavy (non-hydrogen) atoms.